The summed E-state index contributed by atoms with van der Waals surface area (Å²) >= 11 is 0. The highest BCUT2D eigenvalue weighted by Gasteiger charge is 2.24. The van der Waals surface area contributed by atoms with E-state index in [1.807, 2.05) is 0 Å². The molecule has 9 heteroatoms. The first-order chi connectivity index (χ1) is 9.40. The first kappa shape index (κ1) is 16.2. The summed E-state index contributed by atoms with van der Waals surface area (Å²) in [5, 5.41) is 0. The van der Waals surface area contributed by atoms with E-state index < -0.39 is 22.1 Å². The smallest absolute Gasteiger partial charge is 0.422 e. The standard InChI is InChI=1S/C11H16FN3O4S/c1-19-11(16)14-20(17,18)15(8-2-7-13)10-5-3-9(12)4-6-10/h3-6H,2,7-8,13H2,1H3,(H,14,16). The van der Waals surface area contributed by atoms with Crippen molar-refractivity contribution in [2.45, 2.75) is 6.42 Å². The summed E-state index contributed by atoms with van der Waals surface area (Å²) in [6, 6.07) is 4.83. The maximum Gasteiger partial charge on any atom is 0.422 e. The molecule has 1 aromatic carbocycles. The number of hydrogen-bond donors (Lipinski definition) is 2. The fourth-order valence-corrected chi connectivity index (χ4v) is 2.61. The number of nitrogens with zero attached hydrogens (tertiary/aromatic N) is 1. The third-order valence-electron chi connectivity index (χ3n) is 2.37. The average Bonchev–Trinajstić information content (AvgIpc) is 2.40. The Labute approximate surface area is 116 Å². The van der Waals surface area contributed by atoms with Crippen LogP contribution >= 0.6 is 0 Å². The van der Waals surface area contributed by atoms with Crippen LogP contribution in [0.1, 0.15) is 6.42 Å². The van der Waals surface area contributed by atoms with E-state index in [2.05, 4.69) is 4.74 Å². The molecule has 1 amide bonds. The Bertz CT molecular complexity index is 547. The van der Waals surface area contributed by atoms with Crippen molar-refractivity contribution in [1.29, 1.82) is 0 Å². The highest BCUT2D eigenvalue weighted by molar-refractivity contribution is 7.91. The van der Waals surface area contributed by atoms with Gasteiger partial charge in [0, 0.05) is 6.54 Å². The molecule has 0 aliphatic carbocycles. The van der Waals surface area contributed by atoms with E-state index in [1.54, 1.807) is 4.72 Å². The minimum atomic E-state index is -4.14. The topological polar surface area (TPSA) is 102 Å². The molecule has 7 nitrogen and oxygen atoms in total. The summed E-state index contributed by atoms with van der Waals surface area (Å²) in [6.45, 7) is 0.319. The first-order valence-corrected chi connectivity index (χ1v) is 7.19. The van der Waals surface area contributed by atoms with E-state index in [-0.39, 0.29) is 18.8 Å². The quantitative estimate of drug-likeness (QED) is 0.800. The third-order valence-corrected chi connectivity index (χ3v) is 3.77. The molecule has 0 atom stereocenters. The van der Waals surface area contributed by atoms with Crippen LogP contribution < -0.4 is 14.8 Å². The molecule has 0 radical (unpaired) electrons. The number of nitrogens with two attached hydrogens (primary N) is 1. The lowest BCUT2D eigenvalue weighted by atomic mass is 10.3. The molecule has 3 N–H and O–H groups in total. The Balaban J connectivity index is 3.05. The monoisotopic (exact) mass is 305 g/mol. The fourth-order valence-electron chi connectivity index (χ4n) is 1.43. The molecule has 0 aliphatic heterocycles. The predicted octanol–water partition coefficient (Wildman–Crippen LogP) is 0.582. The molecule has 0 fully saturated rings. The number of halogens is 1. The number of nitrogens with one attached hydrogen (secondary N) is 1. The second kappa shape index (κ2) is 7.06. The number of methoxy groups -OCH3 is 1. The largest absolute Gasteiger partial charge is 0.452 e. The van der Waals surface area contributed by atoms with E-state index in [1.165, 1.54) is 12.1 Å². The minimum Gasteiger partial charge on any atom is -0.452 e. The van der Waals surface area contributed by atoms with E-state index in [0.29, 0.717) is 6.42 Å². The molecule has 1 rings (SSSR count). The van der Waals surface area contributed by atoms with Crippen molar-refractivity contribution in [2.75, 3.05) is 24.5 Å². The molecule has 0 unspecified atom stereocenters. The molecule has 0 saturated heterocycles. The van der Waals surface area contributed by atoms with Crippen molar-refractivity contribution in [1.82, 2.24) is 4.72 Å². The zero-order valence-corrected chi connectivity index (χ0v) is 11.7. The number of carbonyl (C=O) groups is 1. The summed E-state index contributed by atoms with van der Waals surface area (Å²) in [7, 11) is -3.09. The molecule has 112 valence electrons. The summed E-state index contributed by atoms with van der Waals surface area (Å²) in [6.07, 6.45) is -0.732. The molecule has 0 bridgehead atoms. The van der Waals surface area contributed by atoms with Gasteiger partial charge in [-0.05, 0) is 37.2 Å². The number of ether oxygens (including phenoxy) is 1. The van der Waals surface area contributed by atoms with E-state index in [4.69, 9.17) is 5.73 Å². The van der Waals surface area contributed by atoms with Gasteiger partial charge in [0.2, 0.25) is 0 Å². The van der Waals surface area contributed by atoms with Crippen molar-refractivity contribution >= 4 is 22.0 Å². The zero-order chi connectivity index (χ0) is 15.2. The highest BCUT2D eigenvalue weighted by Crippen LogP contribution is 2.18. The van der Waals surface area contributed by atoms with Crippen LogP contribution in [0, 0.1) is 5.82 Å². The Kier molecular flexibility index (Phi) is 5.71. The van der Waals surface area contributed by atoms with Crippen molar-refractivity contribution in [2.24, 2.45) is 5.73 Å². The summed E-state index contributed by atoms with van der Waals surface area (Å²) in [4.78, 5) is 11.1. The third kappa shape index (κ3) is 4.35. The summed E-state index contributed by atoms with van der Waals surface area (Å²) in [5.74, 6) is -0.495. The van der Waals surface area contributed by atoms with E-state index in [9.17, 15) is 17.6 Å². The van der Waals surface area contributed by atoms with Crippen LogP contribution in [-0.4, -0.2) is 34.7 Å². The maximum absolute atomic E-state index is 12.9. The molecule has 0 heterocycles. The van der Waals surface area contributed by atoms with Gasteiger partial charge in [-0.15, -0.1) is 0 Å². The van der Waals surface area contributed by atoms with E-state index in [0.717, 1.165) is 23.5 Å². The van der Waals surface area contributed by atoms with Gasteiger partial charge in [-0.1, -0.05) is 0 Å². The minimum absolute atomic E-state index is 0.0501. The van der Waals surface area contributed by atoms with Crippen molar-refractivity contribution < 1.29 is 22.3 Å². The SMILES string of the molecule is COC(=O)NS(=O)(=O)N(CCCN)c1ccc(F)cc1. The van der Waals surface area contributed by atoms with Gasteiger partial charge in [0.05, 0.1) is 12.8 Å². The van der Waals surface area contributed by atoms with Crippen molar-refractivity contribution in [3.63, 3.8) is 0 Å². The number of carbonyl (C=O) groups excluding carboxylic acids is 1. The second-order valence-electron chi connectivity index (χ2n) is 3.79. The van der Waals surface area contributed by atoms with Crippen molar-refractivity contribution in [3.05, 3.63) is 30.1 Å². The van der Waals surface area contributed by atoms with Gasteiger partial charge in [0.25, 0.3) is 0 Å². The lowest BCUT2D eigenvalue weighted by Gasteiger charge is -2.23. The highest BCUT2D eigenvalue weighted by atomic mass is 32.2. The van der Waals surface area contributed by atoms with Crippen LogP contribution in [0.3, 0.4) is 0 Å². The van der Waals surface area contributed by atoms with Gasteiger partial charge in [0.1, 0.15) is 5.82 Å². The van der Waals surface area contributed by atoms with Gasteiger partial charge in [0.15, 0.2) is 0 Å². The summed E-state index contributed by atoms with van der Waals surface area (Å²) in [5.41, 5.74) is 5.57. The normalized spacial score (nSPS) is 10.9. The molecule has 20 heavy (non-hydrogen) atoms. The Hall–Kier alpha value is -1.87. The number of anilines is 1. The molecular formula is C11H16FN3O4S. The molecule has 0 aromatic heterocycles. The fraction of sp³-hybridized carbons (Fsp3) is 0.364. The number of benzene rings is 1. The molecular weight excluding hydrogens is 289 g/mol. The van der Waals surface area contributed by atoms with Crippen molar-refractivity contribution in [3.8, 4) is 0 Å². The lowest BCUT2D eigenvalue weighted by Crippen LogP contribution is -2.44. The number of amides is 1. The molecule has 0 spiro atoms. The molecule has 0 aliphatic rings. The van der Waals surface area contributed by atoms with Crippen LogP contribution in [0.4, 0.5) is 14.9 Å². The van der Waals surface area contributed by atoms with Crippen LogP contribution in [0.25, 0.3) is 0 Å². The van der Waals surface area contributed by atoms with E-state index >= 15 is 0 Å². The van der Waals surface area contributed by atoms with Crippen LogP contribution in [0.15, 0.2) is 24.3 Å². The first-order valence-electron chi connectivity index (χ1n) is 5.74. The molecule has 1 aromatic rings. The zero-order valence-electron chi connectivity index (χ0n) is 10.9. The second-order valence-corrected chi connectivity index (χ2v) is 5.38. The van der Waals surface area contributed by atoms with Crippen LogP contribution in [-0.2, 0) is 14.9 Å². The van der Waals surface area contributed by atoms with Crippen LogP contribution in [0.2, 0.25) is 0 Å². The molecule has 0 saturated carbocycles. The number of rotatable bonds is 6. The average molecular weight is 305 g/mol. The summed E-state index contributed by atoms with van der Waals surface area (Å²) < 4.78 is 43.9. The lowest BCUT2D eigenvalue weighted by molar-refractivity contribution is 0.177. The Morgan fingerprint density at radius 1 is 1.40 bits per heavy atom. The Morgan fingerprint density at radius 2 is 2.00 bits per heavy atom. The number of hydrogen-bond acceptors (Lipinski definition) is 5. The van der Waals surface area contributed by atoms with Gasteiger partial charge in [-0.25, -0.2) is 13.9 Å². The van der Waals surface area contributed by atoms with Gasteiger partial charge in [-0.3, -0.25) is 4.31 Å². The van der Waals surface area contributed by atoms with Crippen LogP contribution in [0.5, 0.6) is 0 Å². The van der Waals surface area contributed by atoms with Gasteiger partial charge in [-0.2, -0.15) is 8.42 Å². The predicted molar refractivity (Wildman–Crippen MR) is 71.9 cm³/mol. The Morgan fingerprint density at radius 3 is 2.50 bits per heavy atom. The van der Waals surface area contributed by atoms with Gasteiger partial charge < -0.3 is 10.5 Å². The maximum atomic E-state index is 12.9. The van der Waals surface area contributed by atoms with Gasteiger partial charge >= 0.3 is 16.3 Å².